The van der Waals surface area contributed by atoms with E-state index in [-0.39, 0.29) is 56.7 Å². The Balaban J connectivity index is 0.000000751. The van der Waals surface area contributed by atoms with E-state index in [0.29, 0.717) is 18.5 Å². The maximum atomic E-state index is 14.0. The third-order valence-corrected chi connectivity index (χ3v) is 6.26. The molecular formula is C23H22Cl2FNO7. The zero-order chi connectivity index (χ0) is 25.3. The highest BCUT2D eigenvalue weighted by atomic mass is 35.5. The monoisotopic (exact) mass is 513 g/mol. The Bertz CT molecular complexity index is 1310. The first-order valence-corrected chi connectivity index (χ1v) is 10.9. The molecule has 0 bridgehead atoms. The lowest BCUT2D eigenvalue weighted by Crippen LogP contribution is -2.32. The molecule has 1 aliphatic heterocycles. The van der Waals surface area contributed by atoms with Crippen molar-refractivity contribution in [1.29, 1.82) is 0 Å². The van der Waals surface area contributed by atoms with Gasteiger partial charge in [-0.15, -0.1) is 0 Å². The summed E-state index contributed by atoms with van der Waals surface area (Å²) in [6.45, 7) is 1.58. The number of aliphatic hydroxyl groups is 1. The molecule has 34 heavy (non-hydrogen) atoms. The molecule has 4 N–H and O–H groups in total. The summed E-state index contributed by atoms with van der Waals surface area (Å²) < 4.78 is 20.0. The van der Waals surface area contributed by atoms with Crippen LogP contribution in [0.4, 0.5) is 4.39 Å². The average molecular weight is 514 g/mol. The number of carboxylic acid groups (broad SMARTS) is 1. The van der Waals surface area contributed by atoms with Crippen LogP contribution in [0.3, 0.4) is 0 Å². The number of fused-ring (bicyclic) bond motifs is 1. The zero-order valence-corrected chi connectivity index (χ0v) is 19.7. The lowest BCUT2D eigenvalue weighted by molar-refractivity contribution is -0.134. The van der Waals surface area contributed by atoms with Crippen molar-refractivity contribution in [3.05, 3.63) is 55.9 Å². The van der Waals surface area contributed by atoms with Crippen LogP contribution in [0.1, 0.15) is 24.8 Å². The quantitative estimate of drug-likeness (QED) is 0.383. The minimum atomic E-state index is -0.833. The van der Waals surface area contributed by atoms with Crippen molar-refractivity contribution in [2.75, 3.05) is 20.2 Å². The summed E-state index contributed by atoms with van der Waals surface area (Å²) in [7, 11) is 1.85. The fraction of sp³-hybridized carbons (Fsp3) is 0.304. The van der Waals surface area contributed by atoms with E-state index in [0.717, 1.165) is 25.1 Å². The van der Waals surface area contributed by atoms with Crippen molar-refractivity contribution in [2.24, 2.45) is 0 Å². The highest BCUT2D eigenvalue weighted by molar-refractivity contribution is 6.36. The van der Waals surface area contributed by atoms with Crippen LogP contribution in [0.15, 0.2) is 33.5 Å². The first-order chi connectivity index (χ1) is 16.0. The Morgan fingerprint density at radius 1 is 1.18 bits per heavy atom. The van der Waals surface area contributed by atoms with Gasteiger partial charge in [-0.25, -0.2) is 4.39 Å². The standard InChI is InChI=1S/C21H18Cl2FNO5.C2H4O2/c1-25-3-2-9(14(25)8-26)19-15(27)6-16(28)20-17(29)7-18(30-21(19)20)10-4-13(24)12(23)5-11(10)22;1-2(3)4/h4-7,9,14,26-28H,2-3,8H2,1H3;1H3,(H,3,4). The number of carbonyl (C=O) groups is 1. The maximum Gasteiger partial charge on any atom is 0.300 e. The van der Waals surface area contributed by atoms with Crippen molar-refractivity contribution < 1.29 is 34.0 Å². The van der Waals surface area contributed by atoms with Gasteiger partial charge in [-0.1, -0.05) is 23.2 Å². The van der Waals surface area contributed by atoms with Gasteiger partial charge in [0.1, 0.15) is 34.0 Å². The van der Waals surface area contributed by atoms with Gasteiger partial charge < -0.3 is 29.7 Å². The van der Waals surface area contributed by atoms with Gasteiger partial charge in [0, 0.05) is 42.1 Å². The van der Waals surface area contributed by atoms with Crippen LogP contribution < -0.4 is 5.43 Å². The Morgan fingerprint density at radius 3 is 2.44 bits per heavy atom. The van der Waals surface area contributed by atoms with Gasteiger partial charge in [-0.3, -0.25) is 9.59 Å². The van der Waals surface area contributed by atoms with E-state index < -0.39 is 23.0 Å². The van der Waals surface area contributed by atoms with Gasteiger partial charge in [0.05, 0.1) is 16.7 Å². The second-order valence-corrected chi connectivity index (χ2v) is 8.71. The smallest absolute Gasteiger partial charge is 0.300 e. The second kappa shape index (κ2) is 10.2. The summed E-state index contributed by atoms with van der Waals surface area (Å²) in [5.74, 6) is -2.65. The normalized spacial score (nSPS) is 18.1. The van der Waals surface area contributed by atoms with E-state index in [1.54, 1.807) is 0 Å². The summed E-state index contributed by atoms with van der Waals surface area (Å²) in [5.41, 5.74) is -0.201. The fourth-order valence-corrected chi connectivity index (χ4v) is 4.61. The summed E-state index contributed by atoms with van der Waals surface area (Å²) in [5, 5.41) is 37.9. The van der Waals surface area contributed by atoms with Crippen LogP contribution in [0.2, 0.25) is 10.0 Å². The number of aliphatic carboxylic acids is 1. The van der Waals surface area contributed by atoms with Gasteiger partial charge in [0.2, 0.25) is 0 Å². The molecule has 0 amide bonds. The average Bonchev–Trinajstić information content (AvgIpc) is 3.09. The summed E-state index contributed by atoms with van der Waals surface area (Å²) in [4.78, 5) is 23.8. The number of aromatic hydroxyl groups is 2. The number of likely N-dealkylation sites (N-methyl/N-ethyl adjacent to an activating group) is 1. The molecule has 1 saturated heterocycles. The van der Waals surface area contributed by atoms with Crippen LogP contribution in [0.25, 0.3) is 22.3 Å². The van der Waals surface area contributed by atoms with Gasteiger partial charge in [0.25, 0.3) is 5.97 Å². The predicted molar refractivity (Wildman–Crippen MR) is 125 cm³/mol. The molecule has 1 aromatic heterocycles. The molecule has 3 aromatic rings. The largest absolute Gasteiger partial charge is 0.507 e. The molecule has 1 fully saturated rings. The molecule has 2 heterocycles. The number of carboxylic acids is 1. The van der Waals surface area contributed by atoms with Crippen molar-refractivity contribution in [3.8, 4) is 22.8 Å². The number of phenols is 2. The maximum absolute atomic E-state index is 14.0. The SMILES string of the molecule is CC(=O)O.CN1CCC(c2c(O)cc(O)c3c(=O)cc(-c4cc(F)c(Cl)cc4Cl)oc23)C1CO. The van der Waals surface area contributed by atoms with Crippen molar-refractivity contribution in [1.82, 2.24) is 4.90 Å². The number of hydrogen-bond donors (Lipinski definition) is 4. The molecule has 0 spiro atoms. The number of benzene rings is 2. The molecule has 2 aromatic carbocycles. The van der Waals surface area contributed by atoms with E-state index in [1.165, 1.54) is 6.07 Å². The summed E-state index contributed by atoms with van der Waals surface area (Å²) >= 11 is 11.9. The summed E-state index contributed by atoms with van der Waals surface area (Å²) in [6.07, 6.45) is 0.597. The Labute approximate surface area is 203 Å². The molecular weight excluding hydrogens is 492 g/mol. The predicted octanol–water partition coefficient (Wildman–Crippen LogP) is 4.19. The van der Waals surface area contributed by atoms with Crippen molar-refractivity contribution in [3.63, 3.8) is 0 Å². The van der Waals surface area contributed by atoms with E-state index >= 15 is 0 Å². The van der Waals surface area contributed by atoms with Crippen LogP contribution in [0.5, 0.6) is 11.5 Å². The lowest BCUT2D eigenvalue weighted by Gasteiger charge is -2.24. The van der Waals surface area contributed by atoms with Gasteiger partial charge in [-0.2, -0.15) is 0 Å². The van der Waals surface area contributed by atoms with Gasteiger partial charge in [-0.05, 0) is 32.1 Å². The molecule has 11 heteroatoms. The Kier molecular flexibility index (Phi) is 7.72. The first-order valence-electron chi connectivity index (χ1n) is 10.1. The number of aliphatic hydroxyl groups excluding tert-OH is 1. The fourth-order valence-electron chi connectivity index (χ4n) is 4.14. The number of rotatable bonds is 3. The van der Waals surface area contributed by atoms with Gasteiger partial charge in [0.15, 0.2) is 5.43 Å². The lowest BCUT2D eigenvalue weighted by atomic mass is 9.89. The number of hydrogen-bond acceptors (Lipinski definition) is 7. The molecule has 2 atom stereocenters. The number of nitrogens with zero attached hydrogens (tertiary/aromatic N) is 1. The molecule has 1 aliphatic rings. The second-order valence-electron chi connectivity index (χ2n) is 7.90. The van der Waals surface area contributed by atoms with Crippen molar-refractivity contribution >= 4 is 40.1 Å². The summed E-state index contributed by atoms with van der Waals surface area (Å²) in [6, 6.07) is 4.13. The van der Waals surface area contributed by atoms with Crippen molar-refractivity contribution in [2.45, 2.75) is 25.3 Å². The third kappa shape index (κ3) is 4.97. The molecule has 0 aliphatic carbocycles. The van der Waals surface area contributed by atoms with Gasteiger partial charge >= 0.3 is 0 Å². The number of phenolic OH excluding ortho intramolecular Hbond substituents is 2. The molecule has 182 valence electrons. The Morgan fingerprint density at radius 2 is 1.82 bits per heavy atom. The topological polar surface area (TPSA) is 131 Å². The zero-order valence-electron chi connectivity index (χ0n) is 18.2. The van der Waals surface area contributed by atoms with Crippen LogP contribution in [-0.4, -0.2) is 57.5 Å². The van der Waals surface area contributed by atoms with Crippen LogP contribution in [-0.2, 0) is 4.79 Å². The first kappa shape index (κ1) is 25.8. The van der Waals surface area contributed by atoms with E-state index in [9.17, 15) is 24.5 Å². The number of halogens is 3. The highest BCUT2D eigenvalue weighted by Gasteiger charge is 2.36. The number of likely N-dealkylation sites (tertiary alicyclic amines) is 1. The highest BCUT2D eigenvalue weighted by Crippen LogP contribution is 2.44. The van der Waals surface area contributed by atoms with E-state index in [4.69, 9.17) is 37.5 Å². The molecule has 4 rings (SSSR count). The van der Waals surface area contributed by atoms with Crippen LogP contribution in [0, 0.1) is 5.82 Å². The molecule has 0 saturated carbocycles. The molecule has 8 nitrogen and oxygen atoms in total. The molecule has 2 unspecified atom stereocenters. The Hall–Kier alpha value is -2.85. The van der Waals surface area contributed by atoms with E-state index in [2.05, 4.69) is 0 Å². The minimum Gasteiger partial charge on any atom is -0.507 e. The molecule has 0 radical (unpaired) electrons. The van der Waals surface area contributed by atoms with E-state index in [1.807, 2.05) is 11.9 Å². The third-order valence-electron chi connectivity index (χ3n) is 5.65. The minimum absolute atomic E-state index is 0.0276. The van der Waals surface area contributed by atoms with Crippen LogP contribution >= 0.6 is 23.2 Å².